The van der Waals surface area contributed by atoms with Gasteiger partial charge < -0.3 is 19.9 Å². The van der Waals surface area contributed by atoms with Crippen molar-refractivity contribution in [1.29, 1.82) is 0 Å². The number of hydrogen-bond acceptors (Lipinski definition) is 7. The quantitative estimate of drug-likeness (QED) is 0.488. The number of anilines is 2. The molecule has 12 heteroatoms. The minimum atomic E-state index is -0.573. The normalized spacial score (nSPS) is 19.1. The Morgan fingerprint density at radius 3 is 2.71 bits per heavy atom. The zero-order chi connectivity index (χ0) is 22.1. The second kappa shape index (κ2) is 8.73. The summed E-state index contributed by atoms with van der Waals surface area (Å²) in [4.78, 5) is 51.4. The van der Waals surface area contributed by atoms with Crippen LogP contribution in [0.1, 0.15) is 16.1 Å². The van der Waals surface area contributed by atoms with Gasteiger partial charge in [0.1, 0.15) is 12.3 Å². The Hall–Kier alpha value is -2.83. The van der Waals surface area contributed by atoms with Crippen LogP contribution in [0.25, 0.3) is 0 Å². The Labute approximate surface area is 189 Å². The second-order valence-electron chi connectivity index (χ2n) is 7.01. The number of nitro groups is 1. The highest BCUT2D eigenvalue weighted by atomic mass is 79.9. The van der Waals surface area contributed by atoms with Crippen molar-refractivity contribution in [3.05, 3.63) is 49.1 Å². The number of halogens is 1. The summed E-state index contributed by atoms with van der Waals surface area (Å²) >= 11 is 4.60. The topological polar surface area (TPSA) is 122 Å². The third-order valence-corrected chi connectivity index (χ3v) is 6.62. The van der Waals surface area contributed by atoms with Crippen LogP contribution in [0.3, 0.4) is 0 Å². The molecule has 0 bridgehead atoms. The average molecular weight is 509 g/mol. The molecule has 3 heterocycles. The number of ether oxygens (including phenoxy) is 1. The van der Waals surface area contributed by atoms with Gasteiger partial charge in [0.15, 0.2) is 0 Å². The number of thiophene rings is 1. The SMILES string of the molecule is O=C(N[C@@H]1CC(=O)N(c2ccc(N3CCOCC3=O)c([N+](=O)[O-])c2)C1)c1ccc(Br)s1. The maximum atomic E-state index is 12.5. The lowest BCUT2D eigenvalue weighted by molar-refractivity contribution is -0.384. The zero-order valence-corrected chi connectivity index (χ0v) is 18.5. The van der Waals surface area contributed by atoms with Gasteiger partial charge in [-0.2, -0.15) is 0 Å². The van der Waals surface area contributed by atoms with Crippen molar-refractivity contribution in [2.24, 2.45) is 0 Å². The fourth-order valence-corrected chi connectivity index (χ4v) is 4.86. The Balaban J connectivity index is 1.53. The van der Waals surface area contributed by atoms with E-state index in [2.05, 4.69) is 21.2 Å². The molecular formula is C19H17BrN4O6S. The molecule has 0 radical (unpaired) electrons. The van der Waals surface area contributed by atoms with Crippen LogP contribution >= 0.6 is 27.3 Å². The first-order valence-electron chi connectivity index (χ1n) is 9.36. The molecule has 4 rings (SSSR count). The van der Waals surface area contributed by atoms with Gasteiger partial charge in [0.05, 0.1) is 31.9 Å². The maximum absolute atomic E-state index is 12.5. The van der Waals surface area contributed by atoms with Crippen LogP contribution in [0.2, 0.25) is 0 Å². The van der Waals surface area contributed by atoms with Crippen LogP contribution in [0.5, 0.6) is 0 Å². The summed E-state index contributed by atoms with van der Waals surface area (Å²) in [7, 11) is 0. The molecule has 1 aromatic heterocycles. The predicted octanol–water partition coefficient (Wildman–Crippen LogP) is 2.32. The molecule has 0 spiro atoms. The van der Waals surface area contributed by atoms with Crippen molar-refractivity contribution in [1.82, 2.24) is 5.32 Å². The van der Waals surface area contributed by atoms with Crippen LogP contribution in [0, 0.1) is 10.1 Å². The summed E-state index contributed by atoms with van der Waals surface area (Å²) in [5.41, 5.74) is 0.245. The first-order valence-corrected chi connectivity index (χ1v) is 11.0. The molecule has 0 unspecified atom stereocenters. The van der Waals surface area contributed by atoms with E-state index in [0.29, 0.717) is 10.6 Å². The number of nitrogens with zero attached hydrogens (tertiary/aromatic N) is 3. The van der Waals surface area contributed by atoms with E-state index in [9.17, 15) is 24.5 Å². The van der Waals surface area contributed by atoms with E-state index < -0.39 is 11.0 Å². The summed E-state index contributed by atoms with van der Waals surface area (Å²) in [6, 6.07) is 7.37. The number of rotatable bonds is 5. The summed E-state index contributed by atoms with van der Waals surface area (Å²) in [5.74, 6) is -0.882. The van der Waals surface area contributed by atoms with E-state index in [1.165, 1.54) is 33.3 Å². The van der Waals surface area contributed by atoms with E-state index in [4.69, 9.17) is 4.74 Å². The minimum absolute atomic E-state index is 0.0930. The molecule has 2 fully saturated rings. The third kappa shape index (κ3) is 4.45. The van der Waals surface area contributed by atoms with E-state index in [0.717, 1.165) is 3.79 Å². The predicted molar refractivity (Wildman–Crippen MR) is 117 cm³/mol. The number of morpholine rings is 1. The zero-order valence-electron chi connectivity index (χ0n) is 16.1. The van der Waals surface area contributed by atoms with E-state index in [1.54, 1.807) is 18.2 Å². The molecule has 2 aliphatic heterocycles. The molecular weight excluding hydrogens is 492 g/mol. The third-order valence-electron chi connectivity index (χ3n) is 5.00. The number of nitrogens with one attached hydrogen (secondary N) is 1. The molecule has 31 heavy (non-hydrogen) atoms. The lowest BCUT2D eigenvalue weighted by atomic mass is 10.2. The number of carbonyl (C=O) groups is 3. The monoisotopic (exact) mass is 508 g/mol. The fourth-order valence-electron chi connectivity index (χ4n) is 3.57. The summed E-state index contributed by atoms with van der Waals surface area (Å²) in [6.07, 6.45) is 0.0930. The van der Waals surface area contributed by atoms with Crippen molar-refractivity contribution < 1.29 is 24.0 Å². The van der Waals surface area contributed by atoms with Crippen molar-refractivity contribution in [3.63, 3.8) is 0 Å². The van der Waals surface area contributed by atoms with Gasteiger partial charge in [-0.1, -0.05) is 0 Å². The van der Waals surface area contributed by atoms with Gasteiger partial charge in [-0.05, 0) is 40.2 Å². The molecule has 2 aliphatic rings. The molecule has 2 saturated heterocycles. The first-order chi connectivity index (χ1) is 14.8. The largest absolute Gasteiger partial charge is 0.370 e. The molecule has 162 valence electrons. The Morgan fingerprint density at radius 1 is 1.23 bits per heavy atom. The molecule has 0 saturated carbocycles. The smallest absolute Gasteiger partial charge is 0.295 e. The molecule has 3 amide bonds. The number of benzene rings is 1. The molecule has 2 aromatic rings. The van der Waals surface area contributed by atoms with Crippen LogP contribution in [0.4, 0.5) is 17.1 Å². The highest BCUT2D eigenvalue weighted by Crippen LogP contribution is 2.34. The number of hydrogen-bond donors (Lipinski definition) is 1. The fraction of sp³-hybridized carbons (Fsp3) is 0.316. The Kier molecular flexibility index (Phi) is 6.03. The minimum Gasteiger partial charge on any atom is -0.370 e. The highest BCUT2D eigenvalue weighted by Gasteiger charge is 2.34. The maximum Gasteiger partial charge on any atom is 0.295 e. The van der Waals surface area contributed by atoms with Gasteiger partial charge in [-0.25, -0.2) is 0 Å². The molecule has 10 nitrogen and oxygen atoms in total. The van der Waals surface area contributed by atoms with E-state index in [-0.39, 0.29) is 61.8 Å². The molecule has 1 aromatic carbocycles. The Morgan fingerprint density at radius 2 is 2.03 bits per heavy atom. The van der Waals surface area contributed by atoms with Crippen molar-refractivity contribution in [2.75, 3.05) is 36.1 Å². The van der Waals surface area contributed by atoms with E-state index >= 15 is 0 Å². The second-order valence-corrected chi connectivity index (χ2v) is 9.47. The van der Waals surface area contributed by atoms with Crippen molar-refractivity contribution in [2.45, 2.75) is 12.5 Å². The lowest BCUT2D eigenvalue weighted by Crippen LogP contribution is -2.42. The Bertz CT molecular complexity index is 1070. The first kappa shape index (κ1) is 21.4. The standard InChI is InChI=1S/C19H17BrN4O6S/c20-16-4-3-15(31-16)19(27)21-11-7-17(25)23(9-11)12-1-2-13(14(8-12)24(28)29)22-5-6-30-10-18(22)26/h1-4,8,11H,5-7,9-10H2,(H,21,27)/t11-/m1/s1. The summed E-state index contributed by atoms with van der Waals surface area (Å²) in [5, 5.41) is 14.5. The summed E-state index contributed by atoms with van der Waals surface area (Å²) < 4.78 is 5.91. The summed E-state index contributed by atoms with van der Waals surface area (Å²) in [6.45, 7) is 0.571. The highest BCUT2D eigenvalue weighted by molar-refractivity contribution is 9.11. The lowest BCUT2D eigenvalue weighted by Gasteiger charge is -2.27. The van der Waals surface area contributed by atoms with Gasteiger partial charge in [0.2, 0.25) is 5.91 Å². The van der Waals surface area contributed by atoms with Crippen LogP contribution in [-0.2, 0) is 14.3 Å². The average Bonchev–Trinajstić information content (AvgIpc) is 3.33. The molecule has 1 N–H and O–H groups in total. The van der Waals surface area contributed by atoms with Gasteiger partial charge in [-0.15, -0.1) is 11.3 Å². The van der Waals surface area contributed by atoms with Gasteiger partial charge >= 0.3 is 0 Å². The van der Waals surface area contributed by atoms with Crippen molar-refractivity contribution in [3.8, 4) is 0 Å². The van der Waals surface area contributed by atoms with Gasteiger partial charge in [0, 0.05) is 25.6 Å². The molecule has 1 atom stereocenters. The van der Waals surface area contributed by atoms with Crippen LogP contribution in [0.15, 0.2) is 34.1 Å². The number of nitro benzene ring substituents is 1. The van der Waals surface area contributed by atoms with E-state index in [1.807, 2.05) is 0 Å². The van der Waals surface area contributed by atoms with Crippen LogP contribution < -0.4 is 15.1 Å². The number of amides is 3. The van der Waals surface area contributed by atoms with Crippen LogP contribution in [-0.4, -0.2) is 55.0 Å². The van der Waals surface area contributed by atoms with Crippen molar-refractivity contribution >= 4 is 62.1 Å². The molecule has 0 aliphatic carbocycles. The van der Waals surface area contributed by atoms with Gasteiger partial charge in [-0.3, -0.25) is 24.5 Å². The number of carbonyl (C=O) groups excluding carboxylic acids is 3. The van der Waals surface area contributed by atoms with Gasteiger partial charge in [0.25, 0.3) is 17.5 Å².